The second-order valence-corrected chi connectivity index (χ2v) is 4.12. The van der Waals surface area contributed by atoms with Crippen molar-refractivity contribution >= 4 is 11.8 Å². The van der Waals surface area contributed by atoms with E-state index < -0.39 is 5.91 Å². The maximum absolute atomic E-state index is 11.3. The van der Waals surface area contributed by atoms with Gasteiger partial charge in [-0.1, -0.05) is 30.3 Å². The maximum Gasteiger partial charge on any atom is 0.236 e. The first-order chi connectivity index (χ1) is 9.51. The number of primary amides is 1. The maximum atomic E-state index is 11.3. The molecule has 6 nitrogen and oxygen atoms in total. The molecule has 112 valence electrons. The zero-order valence-corrected chi connectivity index (χ0v) is 11.7. The third-order valence-corrected chi connectivity index (χ3v) is 2.37. The van der Waals surface area contributed by atoms with Crippen molar-refractivity contribution in [3.8, 4) is 0 Å². The van der Waals surface area contributed by atoms with Gasteiger partial charge in [-0.25, -0.2) is 0 Å². The fraction of sp³-hybridized carbons (Fsp3) is 0.429. The van der Waals surface area contributed by atoms with E-state index in [0.717, 1.165) is 5.56 Å². The number of amides is 2. The molecule has 1 aromatic carbocycles. The van der Waals surface area contributed by atoms with Crippen LogP contribution in [0, 0.1) is 0 Å². The smallest absolute Gasteiger partial charge is 0.236 e. The normalized spacial score (nSPS) is 10.9. The Morgan fingerprint density at radius 3 is 2.35 bits per heavy atom. The molecule has 0 aliphatic heterocycles. The van der Waals surface area contributed by atoms with E-state index in [1.54, 1.807) is 6.92 Å². The average molecular weight is 281 g/mol. The monoisotopic (exact) mass is 281 g/mol. The summed E-state index contributed by atoms with van der Waals surface area (Å²) in [6.45, 7) is 1.80. The lowest BCUT2D eigenvalue weighted by atomic mass is 10.0. The molecule has 0 aromatic heterocycles. The first kappa shape index (κ1) is 18.1. The number of carbonyl (C=O) groups excluding carboxylic acids is 2. The van der Waals surface area contributed by atoms with E-state index in [9.17, 15) is 9.59 Å². The van der Waals surface area contributed by atoms with Gasteiger partial charge in [0.1, 0.15) is 0 Å². The number of nitrogens with two attached hydrogens (primary N) is 2. The van der Waals surface area contributed by atoms with Crippen LogP contribution in [0.5, 0.6) is 0 Å². The van der Waals surface area contributed by atoms with Gasteiger partial charge in [0.05, 0.1) is 6.54 Å². The van der Waals surface area contributed by atoms with Crippen molar-refractivity contribution < 1.29 is 14.7 Å². The van der Waals surface area contributed by atoms with Gasteiger partial charge in [-0.15, -0.1) is 0 Å². The first-order valence-corrected chi connectivity index (χ1v) is 6.47. The Kier molecular flexibility index (Phi) is 9.90. The highest BCUT2D eigenvalue weighted by atomic mass is 16.2. The lowest BCUT2D eigenvalue weighted by molar-refractivity contribution is -0.124. The first-order valence-electron chi connectivity index (χ1n) is 6.47. The van der Waals surface area contributed by atoms with E-state index in [1.165, 1.54) is 0 Å². The van der Waals surface area contributed by atoms with Crippen molar-refractivity contribution in [1.29, 1.82) is 0 Å². The number of hydrogen-bond acceptors (Lipinski definition) is 4. The molecule has 0 fully saturated rings. The molecule has 0 spiro atoms. The van der Waals surface area contributed by atoms with Crippen LogP contribution in [0.3, 0.4) is 0 Å². The predicted molar refractivity (Wildman–Crippen MR) is 77.6 cm³/mol. The molecule has 6 heteroatoms. The van der Waals surface area contributed by atoms with E-state index in [0.29, 0.717) is 6.42 Å². The second-order valence-electron chi connectivity index (χ2n) is 4.12. The van der Waals surface area contributed by atoms with E-state index in [1.807, 2.05) is 30.3 Å². The van der Waals surface area contributed by atoms with Gasteiger partial charge in [0.25, 0.3) is 0 Å². The lowest BCUT2D eigenvalue weighted by Gasteiger charge is -2.11. The summed E-state index contributed by atoms with van der Waals surface area (Å²) in [4.78, 5) is 21.8. The minimum atomic E-state index is -0.550. The van der Waals surface area contributed by atoms with Crippen LogP contribution in [0.15, 0.2) is 30.3 Å². The number of nitrogens with one attached hydrogen (secondary N) is 1. The van der Waals surface area contributed by atoms with Crippen molar-refractivity contribution in [3.63, 3.8) is 0 Å². The Hall–Kier alpha value is -1.92. The summed E-state index contributed by atoms with van der Waals surface area (Å²) >= 11 is 0. The molecule has 0 radical (unpaired) electrons. The number of rotatable bonds is 6. The van der Waals surface area contributed by atoms with Gasteiger partial charge in [-0.3, -0.25) is 9.59 Å². The largest absolute Gasteiger partial charge is 0.397 e. The van der Waals surface area contributed by atoms with E-state index >= 15 is 0 Å². The molecule has 1 atom stereocenters. The van der Waals surface area contributed by atoms with E-state index in [2.05, 4.69) is 5.32 Å². The van der Waals surface area contributed by atoms with Crippen molar-refractivity contribution in [2.75, 3.05) is 13.2 Å². The zero-order valence-electron chi connectivity index (χ0n) is 11.7. The molecule has 20 heavy (non-hydrogen) atoms. The summed E-state index contributed by atoms with van der Waals surface area (Å²) in [5.74, 6) is -0.763. The number of benzene rings is 1. The zero-order chi connectivity index (χ0) is 15.4. The highest BCUT2D eigenvalue weighted by Gasteiger charge is 2.09. The van der Waals surface area contributed by atoms with Crippen LogP contribution in [0.4, 0.5) is 0 Å². The quantitative estimate of drug-likeness (QED) is 0.590. The molecular weight excluding hydrogens is 258 g/mol. The van der Waals surface area contributed by atoms with Gasteiger partial charge in [0, 0.05) is 19.1 Å². The Labute approximate surface area is 119 Å². The van der Waals surface area contributed by atoms with Gasteiger partial charge >= 0.3 is 0 Å². The summed E-state index contributed by atoms with van der Waals surface area (Å²) in [6.07, 6.45) is 0.817. The Balaban J connectivity index is 0.00000110. The predicted octanol–water partition coefficient (Wildman–Crippen LogP) is 0.0667. The van der Waals surface area contributed by atoms with Gasteiger partial charge in [-0.2, -0.15) is 0 Å². The second kappa shape index (κ2) is 11.0. The third-order valence-electron chi connectivity index (χ3n) is 2.37. The molecule has 1 aromatic rings. The summed E-state index contributed by atoms with van der Waals surface area (Å²) in [5, 5.41) is 9.99. The van der Waals surface area contributed by atoms with Crippen LogP contribution in [0.25, 0.3) is 0 Å². The van der Waals surface area contributed by atoms with Crippen molar-refractivity contribution in [3.05, 3.63) is 35.9 Å². The molecule has 1 unspecified atom stereocenters. The molecule has 0 bridgehead atoms. The van der Waals surface area contributed by atoms with Crippen LogP contribution in [-0.4, -0.2) is 30.1 Å². The Bertz CT molecular complexity index is 396. The minimum Gasteiger partial charge on any atom is -0.397 e. The molecule has 1 rings (SSSR count). The van der Waals surface area contributed by atoms with Gasteiger partial charge in [0.15, 0.2) is 0 Å². The number of aliphatic hydroxyl groups excluding tert-OH is 1. The highest BCUT2D eigenvalue weighted by Crippen LogP contribution is 2.14. The average Bonchev–Trinajstić information content (AvgIpc) is 2.44. The van der Waals surface area contributed by atoms with Crippen LogP contribution >= 0.6 is 0 Å². The highest BCUT2D eigenvalue weighted by molar-refractivity contribution is 5.83. The van der Waals surface area contributed by atoms with Crippen LogP contribution in [-0.2, 0) is 9.59 Å². The van der Waals surface area contributed by atoms with Crippen LogP contribution < -0.4 is 16.8 Å². The summed E-state index contributed by atoms with van der Waals surface area (Å²) in [5.41, 5.74) is 11.8. The fourth-order valence-corrected chi connectivity index (χ4v) is 1.43. The molecule has 0 saturated heterocycles. The molecule has 0 aliphatic rings. The molecule has 6 N–H and O–H groups in total. The summed E-state index contributed by atoms with van der Waals surface area (Å²) in [6, 6.07) is 9.40. The van der Waals surface area contributed by atoms with Crippen LogP contribution in [0.1, 0.15) is 31.4 Å². The molecule has 0 heterocycles. The van der Waals surface area contributed by atoms with Crippen molar-refractivity contribution in [1.82, 2.24) is 5.32 Å². The van der Waals surface area contributed by atoms with Crippen molar-refractivity contribution in [2.24, 2.45) is 11.5 Å². The lowest BCUT2D eigenvalue weighted by Crippen LogP contribution is -2.33. The van der Waals surface area contributed by atoms with E-state index in [-0.39, 0.29) is 31.5 Å². The van der Waals surface area contributed by atoms with Gasteiger partial charge in [0.2, 0.25) is 11.8 Å². The Morgan fingerprint density at radius 1 is 1.30 bits per heavy atom. The van der Waals surface area contributed by atoms with Crippen molar-refractivity contribution in [2.45, 2.75) is 25.8 Å². The van der Waals surface area contributed by atoms with Crippen LogP contribution in [0.2, 0.25) is 0 Å². The Morgan fingerprint density at radius 2 is 1.85 bits per heavy atom. The van der Waals surface area contributed by atoms with Gasteiger partial charge in [-0.05, 0) is 18.9 Å². The molecule has 0 saturated carbocycles. The minimum absolute atomic E-state index is 0.126. The summed E-state index contributed by atoms with van der Waals surface area (Å²) < 4.78 is 0. The number of aliphatic hydroxyl groups is 1. The summed E-state index contributed by atoms with van der Waals surface area (Å²) in [7, 11) is 0. The SMILES string of the molecule is CCO.NC(=O)CNC(=O)CCC(N)c1ccccc1. The third kappa shape index (κ3) is 9.07. The topological polar surface area (TPSA) is 118 Å². The van der Waals surface area contributed by atoms with E-state index in [4.69, 9.17) is 16.6 Å². The standard InChI is InChI=1S/C12H17N3O2.C2H6O/c13-10(9-4-2-1-3-5-9)6-7-12(17)15-8-11(14)16;1-2-3/h1-5,10H,6-8,13H2,(H2,14,16)(H,15,17);3H,2H2,1H3. The van der Waals surface area contributed by atoms with Gasteiger partial charge < -0.3 is 21.9 Å². The number of hydrogen-bond donors (Lipinski definition) is 4. The number of carbonyl (C=O) groups is 2. The molecule has 0 aliphatic carbocycles. The molecule has 2 amide bonds. The molecular formula is C14H23N3O3. The fourth-order valence-electron chi connectivity index (χ4n) is 1.43.